The third kappa shape index (κ3) is 3.65. The average molecular weight is 485 g/mol. The van der Waals surface area contributed by atoms with Crippen LogP contribution in [0.25, 0.3) is 16.9 Å². The number of imidazole rings is 1. The van der Waals surface area contributed by atoms with E-state index >= 15 is 0 Å². The number of hydrogen-bond acceptors (Lipinski definition) is 5. The summed E-state index contributed by atoms with van der Waals surface area (Å²) in [6, 6.07) is 13.5. The lowest BCUT2D eigenvalue weighted by atomic mass is 10.2. The zero-order valence-corrected chi connectivity index (χ0v) is 19.3. The van der Waals surface area contributed by atoms with Crippen LogP contribution in [0.3, 0.4) is 0 Å². The van der Waals surface area contributed by atoms with Crippen LogP contribution in [0.4, 0.5) is 4.39 Å². The molecule has 33 heavy (non-hydrogen) atoms. The van der Waals surface area contributed by atoms with E-state index in [1.54, 1.807) is 40.3 Å². The number of halogens is 2. The molecule has 0 bridgehead atoms. The van der Waals surface area contributed by atoms with Crippen molar-refractivity contribution in [3.8, 4) is 0 Å². The number of aryl methyl sites for hydroxylation is 1. The first-order chi connectivity index (χ1) is 15.8. The van der Waals surface area contributed by atoms with Crippen LogP contribution in [0.2, 0.25) is 5.02 Å². The standard InChI is InChI=1S/C22H18ClFN6O2S/c1-27-18-17(19(31)28(2)22(27)32)29(11-13-3-7-15(23)8-4-13)20-25-26-21(30(18)20)33-12-14-5-9-16(24)10-6-14/h3-10H,11-12H2,1-2H3. The van der Waals surface area contributed by atoms with Crippen molar-refractivity contribution in [2.45, 2.75) is 17.5 Å². The van der Waals surface area contributed by atoms with Crippen molar-refractivity contribution < 1.29 is 4.39 Å². The Labute approximate surface area is 195 Å². The molecule has 0 N–H and O–H groups in total. The highest BCUT2D eigenvalue weighted by Crippen LogP contribution is 2.27. The number of nitrogens with zero attached hydrogens (tertiary/aromatic N) is 6. The quantitative estimate of drug-likeness (QED) is 0.358. The summed E-state index contributed by atoms with van der Waals surface area (Å²) in [5, 5.41) is 9.79. The molecule has 0 unspecified atom stereocenters. The summed E-state index contributed by atoms with van der Waals surface area (Å²) in [6.45, 7) is 0.346. The fourth-order valence-electron chi connectivity index (χ4n) is 3.77. The molecule has 5 aromatic rings. The number of rotatable bonds is 5. The van der Waals surface area contributed by atoms with Gasteiger partial charge in [0.15, 0.2) is 16.3 Å². The Hall–Kier alpha value is -3.37. The number of thioether (sulfide) groups is 1. The fourth-order valence-corrected chi connectivity index (χ4v) is 4.78. The van der Waals surface area contributed by atoms with Crippen LogP contribution >= 0.6 is 23.4 Å². The summed E-state index contributed by atoms with van der Waals surface area (Å²) in [4.78, 5) is 25.9. The molecule has 0 aliphatic carbocycles. The van der Waals surface area contributed by atoms with E-state index in [2.05, 4.69) is 10.2 Å². The van der Waals surface area contributed by atoms with E-state index in [1.165, 1.54) is 35.5 Å². The molecule has 3 heterocycles. The molecule has 0 amide bonds. The lowest BCUT2D eigenvalue weighted by Crippen LogP contribution is -2.37. The van der Waals surface area contributed by atoms with Gasteiger partial charge in [0.05, 0.1) is 6.54 Å². The number of hydrogen-bond donors (Lipinski definition) is 0. The number of aromatic nitrogens is 6. The molecule has 168 valence electrons. The maximum Gasteiger partial charge on any atom is 0.332 e. The van der Waals surface area contributed by atoms with E-state index in [0.717, 1.165) is 15.7 Å². The molecule has 0 radical (unpaired) electrons. The summed E-state index contributed by atoms with van der Waals surface area (Å²) >= 11 is 7.41. The highest BCUT2D eigenvalue weighted by Gasteiger charge is 2.23. The summed E-state index contributed by atoms with van der Waals surface area (Å²) in [5.41, 5.74) is 1.73. The van der Waals surface area contributed by atoms with Crippen LogP contribution in [0.15, 0.2) is 63.3 Å². The Morgan fingerprint density at radius 2 is 1.61 bits per heavy atom. The molecule has 0 aliphatic rings. The smallest absolute Gasteiger partial charge is 0.298 e. The van der Waals surface area contributed by atoms with Crippen molar-refractivity contribution in [2.24, 2.45) is 14.1 Å². The first kappa shape index (κ1) is 21.5. The largest absolute Gasteiger partial charge is 0.332 e. The van der Waals surface area contributed by atoms with Gasteiger partial charge < -0.3 is 0 Å². The van der Waals surface area contributed by atoms with Crippen LogP contribution in [-0.2, 0) is 26.4 Å². The molecule has 0 fully saturated rings. The van der Waals surface area contributed by atoms with Gasteiger partial charge in [0, 0.05) is 24.9 Å². The van der Waals surface area contributed by atoms with E-state index in [0.29, 0.717) is 39.4 Å². The third-order valence-electron chi connectivity index (χ3n) is 5.49. The second kappa shape index (κ2) is 8.20. The zero-order valence-electron chi connectivity index (χ0n) is 17.7. The predicted molar refractivity (Wildman–Crippen MR) is 125 cm³/mol. The van der Waals surface area contributed by atoms with Crippen LogP contribution in [0.5, 0.6) is 0 Å². The van der Waals surface area contributed by atoms with Gasteiger partial charge in [-0.05, 0) is 35.4 Å². The van der Waals surface area contributed by atoms with Gasteiger partial charge in [-0.25, -0.2) is 13.6 Å². The van der Waals surface area contributed by atoms with Gasteiger partial charge in [-0.15, -0.1) is 10.2 Å². The van der Waals surface area contributed by atoms with Gasteiger partial charge in [0.25, 0.3) is 5.56 Å². The molecule has 0 aliphatic heterocycles. The van der Waals surface area contributed by atoms with Gasteiger partial charge in [-0.1, -0.05) is 47.6 Å². The van der Waals surface area contributed by atoms with Crippen molar-refractivity contribution in [3.63, 3.8) is 0 Å². The summed E-state index contributed by atoms with van der Waals surface area (Å²) in [6.07, 6.45) is 0. The van der Waals surface area contributed by atoms with Crippen LogP contribution in [0.1, 0.15) is 11.1 Å². The molecule has 11 heteroatoms. The Balaban J connectivity index is 1.70. The van der Waals surface area contributed by atoms with Crippen molar-refractivity contribution in [3.05, 3.63) is 91.3 Å². The van der Waals surface area contributed by atoms with E-state index in [-0.39, 0.29) is 5.82 Å². The normalized spacial score (nSPS) is 11.6. The van der Waals surface area contributed by atoms with E-state index in [9.17, 15) is 14.0 Å². The van der Waals surface area contributed by atoms with E-state index in [4.69, 9.17) is 11.6 Å². The molecule has 0 saturated carbocycles. The van der Waals surface area contributed by atoms with Gasteiger partial charge in [0.1, 0.15) is 5.82 Å². The summed E-state index contributed by atoms with van der Waals surface area (Å²) in [7, 11) is 3.07. The van der Waals surface area contributed by atoms with Gasteiger partial charge in [0.2, 0.25) is 5.78 Å². The van der Waals surface area contributed by atoms with Crippen LogP contribution < -0.4 is 11.2 Å². The first-order valence-electron chi connectivity index (χ1n) is 10.00. The first-order valence-corrected chi connectivity index (χ1v) is 11.4. The Morgan fingerprint density at radius 3 is 2.30 bits per heavy atom. The zero-order chi connectivity index (χ0) is 23.3. The van der Waals surface area contributed by atoms with E-state index in [1.807, 2.05) is 12.1 Å². The Morgan fingerprint density at radius 1 is 0.939 bits per heavy atom. The van der Waals surface area contributed by atoms with Crippen molar-refractivity contribution in [1.29, 1.82) is 0 Å². The van der Waals surface area contributed by atoms with Crippen LogP contribution in [0, 0.1) is 5.82 Å². The third-order valence-corrected chi connectivity index (χ3v) is 6.74. The van der Waals surface area contributed by atoms with Gasteiger partial charge >= 0.3 is 5.69 Å². The second-order valence-electron chi connectivity index (χ2n) is 7.62. The number of fused-ring (bicyclic) bond motifs is 3. The van der Waals surface area contributed by atoms with Gasteiger partial charge in [-0.3, -0.25) is 18.5 Å². The second-order valence-corrected chi connectivity index (χ2v) is 9.00. The van der Waals surface area contributed by atoms with Crippen molar-refractivity contribution in [2.75, 3.05) is 0 Å². The highest BCUT2D eigenvalue weighted by molar-refractivity contribution is 7.98. The highest BCUT2D eigenvalue weighted by atomic mass is 35.5. The Kier molecular flexibility index (Phi) is 5.34. The molecule has 0 spiro atoms. The van der Waals surface area contributed by atoms with Crippen molar-refractivity contribution >= 4 is 40.3 Å². The topological polar surface area (TPSA) is 79.1 Å². The summed E-state index contributed by atoms with van der Waals surface area (Å²) in [5.74, 6) is 0.661. The van der Waals surface area contributed by atoms with Crippen molar-refractivity contribution in [1.82, 2.24) is 28.3 Å². The Bertz CT molecular complexity index is 1620. The minimum Gasteiger partial charge on any atom is -0.298 e. The predicted octanol–water partition coefficient (Wildman–Crippen LogP) is 3.21. The van der Waals surface area contributed by atoms with Crippen LogP contribution in [-0.4, -0.2) is 28.3 Å². The number of benzene rings is 2. The van der Waals surface area contributed by atoms with Gasteiger partial charge in [-0.2, -0.15) is 0 Å². The minimum absolute atomic E-state index is 0.301. The van der Waals surface area contributed by atoms with E-state index < -0.39 is 11.2 Å². The minimum atomic E-state index is -0.443. The molecule has 3 aromatic heterocycles. The molecule has 8 nitrogen and oxygen atoms in total. The molecule has 0 atom stereocenters. The summed E-state index contributed by atoms with van der Waals surface area (Å²) < 4.78 is 19.2. The molecule has 2 aromatic carbocycles. The lowest BCUT2D eigenvalue weighted by molar-refractivity contribution is 0.627. The molecular formula is C22H18ClFN6O2S. The SMILES string of the molecule is Cn1c(=O)c2c(n(C)c1=O)n1c(SCc3ccc(F)cc3)nnc1n2Cc1ccc(Cl)cc1. The average Bonchev–Trinajstić information content (AvgIpc) is 3.36. The maximum absolute atomic E-state index is 13.2. The lowest BCUT2D eigenvalue weighted by Gasteiger charge is -2.08. The molecule has 0 saturated heterocycles. The molecule has 5 rings (SSSR count). The monoisotopic (exact) mass is 484 g/mol. The maximum atomic E-state index is 13.2. The molecular weight excluding hydrogens is 467 g/mol. The fraction of sp³-hybridized carbons (Fsp3) is 0.182.